The molecule has 1 heterocycles. The van der Waals surface area contributed by atoms with Crippen LogP contribution in [0.15, 0.2) is 18.2 Å². The predicted octanol–water partition coefficient (Wildman–Crippen LogP) is 2.95. The molecule has 0 saturated heterocycles. The fraction of sp³-hybridized carbons (Fsp3) is 0.273. The Balaban J connectivity index is 2.33. The van der Waals surface area contributed by atoms with Crippen molar-refractivity contribution in [1.29, 1.82) is 0 Å². The number of fused-ring (bicyclic) bond motifs is 1. The molecule has 1 aromatic carbocycles. The summed E-state index contributed by atoms with van der Waals surface area (Å²) in [6.07, 6.45) is 0.500. The van der Waals surface area contributed by atoms with Crippen LogP contribution in [0.4, 0.5) is 5.69 Å². The average Bonchev–Trinajstić information content (AvgIpc) is 2.57. The van der Waals surface area contributed by atoms with Gasteiger partial charge in [0.2, 0.25) is 5.91 Å². The Kier molecular flexibility index (Phi) is 2.68. The molecule has 2 rings (SSSR count). The number of aromatic nitrogens is 1. The van der Waals surface area contributed by atoms with Crippen LogP contribution in [0.3, 0.4) is 0 Å². The van der Waals surface area contributed by atoms with Gasteiger partial charge < -0.3 is 5.32 Å². The van der Waals surface area contributed by atoms with Crippen LogP contribution < -0.4 is 5.32 Å². The molecule has 0 spiro atoms. The topological polar surface area (TPSA) is 42.0 Å². The number of benzene rings is 1. The Labute approximate surface area is 92.1 Å². The van der Waals surface area contributed by atoms with Crippen LogP contribution in [0.2, 0.25) is 0 Å². The Morgan fingerprint density at radius 1 is 1.53 bits per heavy atom. The molecule has 0 atom stereocenters. The molecular formula is C11H12N2OS. The molecule has 0 aliphatic carbocycles. The summed E-state index contributed by atoms with van der Waals surface area (Å²) in [5, 5.41) is 3.88. The van der Waals surface area contributed by atoms with Crippen molar-refractivity contribution in [2.75, 3.05) is 5.32 Å². The van der Waals surface area contributed by atoms with Crippen molar-refractivity contribution >= 4 is 33.1 Å². The smallest absolute Gasteiger partial charge is 0.224 e. The molecule has 78 valence electrons. The monoisotopic (exact) mass is 220 g/mol. The number of rotatable bonds is 2. The van der Waals surface area contributed by atoms with Gasteiger partial charge in [-0.3, -0.25) is 4.79 Å². The van der Waals surface area contributed by atoms with Gasteiger partial charge in [0.25, 0.3) is 0 Å². The van der Waals surface area contributed by atoms with Crippen LogP contribution in [0.1, 0.15) is 18.4 Å². The van der Waals surface area contributed by atoms with Gasteiger partial charge in [-0.2, -0.15) is 0 Å². The first kappa shape index (κ1) is 10.1. The second-order valence-corrected chi connectivity index (χ2v) is 4.55. The van der Waals surface area contributed by atoms with E-state index in [4.69, 9.17) is 0 Å². The van der Waals surface area contributed by atoms with Gasteiger partial charge in [-0.05, 0) is 25.1 Å². The van der Waals surface area contributed by atoms with E-state index in [0.717, 1.165) is 20.9 Å². The quantitative estimate of drug-likeness (QED) is 0.845. The number of amides is 1. The number of hydrogen-bond acceptors (Lipinski definition) is 3. The highest BCUT2D eigenvalue weighted by atomic mass is 32.1. The molecule has 0 fully saturated rings. The predicted molar refractivity (Wildman–Crippen MR) is 63.3 cm³/mol. The third-order valence-electron chi connectivity index (χ3n) is 2.10. The summed E-state index contributed by atoms with van der Waals surface area (Å²) in [5.41, 5.74) is 1.84. The number of nitrogens with zero attached hydrogens (tertiary/aromatic N) is 1. The zero-order valence-electron chi connectivity index (χ0n) is 8.70. The Bertz CT molecular complexity index is 504. The van der Waals surface area contributed by atoms with E-state index in [1.54, 1.807) is 11.3 Å². The molecule has 0 unspecified atom stereocenters. The third-order valence-corrected chi connectivity index (χ3v) is 3.03. The van der Waals surface area contributed by atoms with Crippen molar-refractivity contribution < 1.29 is 4.79 Å². The molecule has 4 heteroatoms. The van der Waals surface area contributed by atoms with Crippen LogP contribution in [0.25, 0.3) is 10.2 Å². The Hall–Kier alpha value is -1.42. The van der Waals surface area contributed by atoms with Gasteiger partial charge in [-0.25, -0.2) is 4.98 Å². The summed E-state index contributed by atoms with van der Waals surface area (Å²) in [4.78, 5) is 15.6. The number of hydrogen-bond donors (Lipinski definition) is 1. The summed E-state index contributed by atoms with van der Waals surface area (Å²) in [6.45, 7) is 3.82. The number of nitrogens with one attached hydrogen (secondary N) is 1. The summed E-state index contributed by atoms with van der Waals surface area (Å²) < 4.78 is 1.11. The normalized spacial score (nSPS) is 10.5. The first-order valence-corrected chi connectivity index (χ1v) is 5.67. The van der Waals surface area contributed by atoms with Gasteiger partial charge in [0.05, 0.1) is 15.2 Å². The standard InChI is InChI=1S/C11H12N2OS/c1-3-11(14)13-8-4-5-9-10(6-8)15-7(2)12-9/h4-6H,3H2,1-2H3,(H,13,14). The Morgan fingerprint density at radius 2 is 2.33 bits per heavy atom. The van der Waals surface area contributed by atoms with E-state index < -0.39 is 0 Å². The van der Waals surface area contributed by atoms with E-state index in [2.05, 4.69) is 10.3 Å². The maximum absolute atomic E-state index is 11.2. The minimum absolute atomic E-state index is 0.0376. The van der Waals surface area contributed by atoms with Crippen LogP contribution in [0.5, 0.6) is 0 Å². The van der Waals surface area contributed by atoms with E-state index in [0.29, 0.717) is 6.42 Å². The summed E-state index contributed by atoms with van der Waals surface area (Å²) in [5.74, 6) is 0.0376. The molecule has 1 aromatic heterocycles. The highest BCUT2D eigenvalue weighted by Gasteiger charge is 2.03. The number of carbonyl (C=O) groups excluding carboxylic acids is 1. The SMILES string of the molecule is CCC(=O)Nc1ccc2nc(C)sc2c1. The first-order valence-electron chi connectivity index (χ1n) is 4.86. The van der Waals surface area contributed by atoms with E-state index in [9.17, 15) is 4.79 Å². The van der Waals surface area contributed by atoms with Gasteiger partial charge in [-0.1, -0.05) is 6.92 Å². The van der Waals surface area contributed by atoms with Gasteiger partial charge in [-0.15, -0.1) is 11.3 Å². The number of thiazole rings is 1. The minimum Gasteiger partial charge on any atom is -0.326 e. The average molecular weight is 220 g/mol. The number of anilines is 1. The lowest BCUT2D eigenvalue weighted by Gasteiger charge is -2.02. The largest absolute Gasteiger partial charge is 0.326 e. The molecule has 0 radical (unpaired) electrons. The van der Waals surface area contributed by atoms with Gasteiger partial charge >= 0.3 is 0 Å². The molecule has 0 bridgehead atoms. The summed E-state index contributed by atoms with van der Waals surface area (Å²) in [6, 6.07) is 5.78. The molecule has 0 aliphatic heterocycles. The second kappa shape index (κ2) is 3.98. The van der Waals surface area contributed by atoms with Crippen molar-refractivity contribution in [1.82, 2.24) is 4.98 Å². The van der Waals surface area contributed by atoms with Crippen molar-refractivity contribution in [3.05, 3.63) is 23.2 Å². The number of carbonyl (C=O) groups is 1. The van der Waals surface area contributed by atoms with E-state index in [1.165, 1.54) is 0 Å². The molecular weight excluding hydrogens is 208 g/mol. The van der Waals surface area contributed by atoms with Gasteiger partial charge in [0, 0.05) is 12.1 Å². The molecule has 1 N–H and O–H groups in total. The van der Waals surface area contributed by atoms with Crippen molar-refractivity contribution in [3.63, 3.8) is 0 Å². The molecule has 3 nitrogen and oxygen atoms in total. The third kappa shape index (κ3) is 2.15. The second-order valence-electron chi connectivity index (χ2n) is 3.32. The fourth-order valence-electron chi connectivity index (χ4n) is 1.37. The molecule has 0 saturated carbocycles. The highest BCUT2D eigenvalue weighted by Crippen LogP contribution is 2.24. The van der Waals surface area contributed by atoms with Crippen LogP contribution >= 0.6 is 11.3 Å². The molecule has 1 amide bonds. The first-order chi connectivity index (χ1) is 7.19. The van der Waals surface area contributed by atoms with Crippen LogP contribution in [-0.4, -0.2) is 10.9 Å². The zero-order valence-corrected chi connectivity index (χ0v) is 9.52. The van der Waals surface area contributed by atoms with E-state index in [1.807, 2.05) is 32.0 Å². The lowest BCUT2D eigenvalue weighted by Crippen LogP contribution is -2.08. The lowest BCUT2D eigenvalue weighted by molar-refractivity contribution is -0.115. The maximum atomic E-state index is 11.2. The van der Waals surface area contributed by atoms with E-state index >= 15 is 0 Å². The lowest BCUT2D eigenvalue weighted by atomic mass is 10.3. The number of aryl methyl sites for hydroxylation is 1. The van der Waals surface area contributed by atoms with Crippen molar-refractivity contribution in [2.45, 2.75) is 20.3 Å². The Morgan fingerprint density at radius 3 is 3.07 bits per heavy atom. The van der Waals surface area contributed by atoms with Crippen LogP contribution in [-0.2, 0) is 4.79 Å². The van der Waals surface area contributed by atoms with Crippen molar-refractivity contribution in [2.24, 2.45) is 0 Å². The highest BCUT2D eigenvalue weighted by molar-refractivity contribution is 7.18. The molecule has 2 aromatic rings. The minimum atomic E-state index is 0.0376. The zero-order chi connectivity index (χ0) is 10.8. The summed E-state index contributed by atoms with van der Waals surface area (Å²) >= 11 is 1.64. The van der Waals surface area contributed by atoms with Crippen LogP contribution in [0, 0.1) is 6.92 Å². The van der Waals surface area contributed by atoms with Gasteiger partial charge in [0.15, 0.2) is 0 Å². The fourth-order valence-corrected chi connectivity index (χ4v) is 2.23. The van der Waals surface area contributed by atoms with Crippen molar-refractivity contribution in [3.8, 4) is 0 Å². The van der Waals surface area contributed by atoms with E-state index in [-0.39, 0.29) is 5.91 Å². The molecule has 0 aliphatic rings. The van der Waals surface area contributed by atoms with Gasteiger partial charge in [0.1, 0.15) is 0 Å². The maximum Gasteiger partial charge on any atom is 0.224 e. The summed E-state index contributed by atoms with van der Waals surface area (Å²) in [7, 11) is 0. The molecule has 15 heavy (non-hydrogen) atoms.